The maximum absolute atomic E-state index is 13.2. The molecule has 2 rings (SSSR count). The van der Waals surface area contributed by atoms with Crippen molar-refractivity contribution in [2.24, 2.45) is 0 Å². The predicted molar refractivity (Wildman–Crippen MR) is 73.4 cm³/mol. The lowest BCUT2D eigenvalue weighted by molar-refractivity contribution is -0.115. The van der Waals surface area contributed by atoms with Gasteiger partial charge in [-0.25, -0.2) is 4.39 Å². The molecule has 104 valence electrons. The van der Waals surface area contributed by atoms with Crippen LogP contribution in [0.3, 0.4) is 0 Å². The molecule has 4 nitrogen and oxygen atoms in total. The molecule has 2 aromatic rings. The highest BCUT2D eigenvalue weighted by Gasteiger charge is 2.09. The Hall–Kier alpha value is -2.56. The number of anilines is 1. The van der Waals surface area contributed by atoms with Gasteiger partial charge in [0.15, 0.2) is 11.6 Å². The molecule has 20 heavy (non-hydrogen) atoms. The van der Waals surface area contributed by atoms with Gasteiger partial charge in [0.05, 0.1) is 13.5 Å². The number of halogens is 1. The molecule has 0 fully saturated rings. The average Bonchev–Trinajstić information content (AvgIpc) is 2.43. The molecule has 0 saturated heterocycles. The molecule has 0 saturated carbocycles. The van der Waals surface area contributed by atoms with Crippen LogP contribution in [0.5, 0.6) is 11.5 Å². The fourth-order valence-electron chi connectivity index (χ4n) is 1.81. The number of hydrogen-bond acceptors (Lipinski definition) is 3. The Bertz CT molecular complexity index is 628. The molecule has 2 N–H and O–H groups in total. The van der Waals surface area contributed by atoms with Gasteiger partial charge in [-0.1, -0.05) is 18.2 Å². The molecule has 5 heteroatoms. The first-order valence-electron chi connectivity index (χ1n) is 6.00. The smallest absolute Gasteiger partial charge is 0.228 e. The largest absolute Gasteiger partial charge is 0.505 e. The number of methoxy groups -OCH3 is 1. The monoisotopic (exact) mass is 275 g/mol. The van der Waals surface area contributed by atoms with E-state index in [-0.39, 0.29) is 12.3 Å². The van der Waals surface area contributed by atoms with E-state index in [4.69, 9.17) is 9.84 Å². The van der Waals surface area contributed by atoms with Crippen LogP contribution in [-0.4, -0.2) is 18.1 Å². The van der Waals surface area contributed by atoms with Gasteiger partial charge >= 0.3 is 0 Å². The van der Waals surface area contributed by atoms with Gasteiger partial charge in [-0.3, -0.25) is 4.79 Å². The number of aromatic hydroxyl groups is 1. The van der Waals surface area contributed by atoms with E-state index in [1.54, 1.807) is 12.1 Å². The van der Waals surface area contributed by atoms with Crippen molar-refractivity contribution < 1.29 is 19.0 Å². The van der Waals surface area contributed by atoms with E-state index < -0.39 is 11.6 Å². The van der Waals surface area contributed by atoms with E-state index in [9.17, 15) is 9.18 Å². The molecule has 0 aromatic heterocycles. The summed E-state index contributed by atoms with van der Waals surface area (Å²) in [5, 5.41) is 11.6. The topological polar surface area (TPSA) is 58.6 Å². The molecule has 0 heterocycles. The third-order valence-corrected chi connectivity index (χ3v) is 2.77. The van der Waals surface area contributed by atoms with E-state index in [0.717, 1.165) is 11.6 Å². The first kappa shape index (κ1) is 13.9. The number of phenolic OH excluding ortho intramolecular Hbond substituents is 1. The molecule has 1 amide bonds. The van der Waals surface area contributed by atoms with Gasteiger partial charge < -0.3 is 15.2 Å². The third-order valence-electron chi connectivity index (χ3n) is 2.77. The number of nitrogens with one attached hydrogen (secondary N) is 1. The number of ether oxygens (including phenoxy) is 1. The maximum Gasteiger partial charge on any atom is 0.228 e. The van der Waals surface area contributed by atoms with Crippen molar-refractivity contribution in [2.45, 2.75) is 6.42 Å². The fraction of sp³-hybridized carbons (Fsp3) is 0.133. The Kier molecular flexibility index (Phi) is 4.20. The second-order valence-electron chi connectivity index (χ2n) is 4.20. The van der Waals surface area contributed by atoms with E-state index in [1.165, 1.54) is 19.2 Å². The predicted octanol–water partition coefficient (Wildman–Crippen LogP) is 2.72. The van der Waals surface area contributed by atoms with Crippen molar-refractivity contribution in [3.8, 4) is 11.5 Å². The van der Waals surface area contributed by atoms with E-state index in [1.807, 2.05) is 12.1 Å². The van der Waals surface area contributed by atoms with Crippen molar-refractivity contribution in [1.29, 1.82) is 0 Å². The minimum absolute atomic E-state index is 0.118. The lowest BCUT2D eigenvalue weighted by atomic mass is 10.1. The molecule has 0 aliphatic rings. The SMILES string of the molecule is COc1ccccc1CC(=O)Nc1ccc(O)c(F)c1. The van der Waals surface area contributed by atoms with Gasteiger partial charge in [0, 0.05) is 17.3 Å². The second kappa shape index (κ2) is 6.06. The standard InChI is InChI=1S/C15H14FNO3/c1-20-14-5-3-2-4-10(14)8-15(19)17-11-6-7-13(18)12(16)9-11/h2-7,9,18H,8H2,1H3,(H,17,19). The van der Waals surface area contributed by atoms with E-state index in [2.05, 4.69) is 5.32 Å². The molecular weight excluding hydrogens is 261 g/mol. The maximum atomic E-state index is 13.2. The van der Waals surface area contributed by atoms with Crippen molar-refractivity contribution in [3.63, 3.8) is 0 Å². The van der Waals surface area contributed by atoms with Gasteiger partial charge in [-0.15, -0.1) is 0 Å². The summed E-state index contributed by atoms with van der Waals surface area (Å²) in [6.07, 6.45) is 0.118. The minimum Gasteiger partial charge on any atom is -0.505 e. The van der Waals surface area contributed by atoms with Gasteiger partial charge in [-0.05, 0) is 18.2 Å². The van der Waals surface area contributed by atoms with Gasteiger partial charge in [0.2, 0.25) is 5.91 Å². The second-order valence-corrected chi connectivity index (χ2v) is 4.20. The zero-order chi connectivity index (χ0) is 14.5. The molecule has 0 bridgehead atoms. The Morgan fingerprint density at radius 1 is 1.30 bits per heavy atom. The summed E-state index contributed by atoms with van der Waals surface area (Å²) < 4.78 is 18.3. The van der Waals surface area contributed by atoms with Crippen molar-refractivity contribution in [3.05, 3.63) is 53.8 Å². The van der Waals surface area contributed by atoms with Crippen LogP contribution in [0.2, 0.25) is 0 Å². The zero-order valence-corrected chi connectivity index (χ0v) is 10.9. The number of para-hydroxylation sites is 1. The van der Waals surface area contributed by atoms with Gasteiger partial charge in [0.1, 0.15) is 5.75 Å². The molecule has 2 aromatic carbocycles. The van der Waals surface area contributed by atoms with E-state index in [0.29, 0.717) is 11.4 Å². The number of carbonyl (C=O) groups excluding carboxylic acids is 1. The molecule has 0 radical (unpaired) electrons. The number of benzene rings is 2. The highest BCUT2D eigenvalue weighted by atomic mass is 19.1. The van der Waals surface area contributed by atoms with Gasteiger partial charge in [-0.2, -0.15) is 0 Å². The van der Waals surface area contributed by atoms with Crippen LogP contribution < -0.4 is 10.1 Å². The summed E-state index contributed by atoms with van der Waals surface area (Å²) in [5.74, 6) is -0.896. The van der Waals surface area contributed by atoms with Crippen LogP contribution in [0.1, 0.15) is 5.56 Å². The summed E-state index contributed by atoms with van der Waals surface area (Å²) in [5.41, 5.74) is 1.03. The van der Waals surface area contributed by atoms with Gasteiger partial charge in [0.25, 0.3) is 0 Å². The highest BCUT2D eigenvalue weighted by Crippen LogP contribution is 2.21. The summed E-state index contributed by atoms with van der Waals surface area (Å²) in [4.78, 5) is 11.9. The number of amides is 1. The summed E-state index contributed by atoms with van der Waals surface area (Å²) in [6, 6.07) is 10.9. The Morgan fingerprint density at radius 2 is 2.05 bits per heavy atom. The Morgan fingerprint density at radius 3 is 2.75 bits per heavy atom. The van der Waals surface area contributed by atoms with Crippen LogP contribution in [0, 0.1) is 5.82 Å². The summed E-state index contributed by atoms with van der Waals surface area (Å²) >= 11 is 0. The van der Waals surface area contributed by atoms with Crippen LogP contribution >= 0.6 is 0 Å². The fourth-order valence-corrected chi connectivity index (χ4v) is 1.81. The first-order valence-corrected chi connectivity index (χ1v) is 6.00. The molecule has 0 atom stereocenters. The average molecular weight is 275 g/mol. The van der Waals surface area contributed by atoms with Crippen molar-refractivity contribution in [1.82, 2.24) is 0 Å². The van der Waals surface area contributed by atoms with Crippen LogP contribution in [0.25, 0.3) is 0 Å². The van der Waals surface area contributed by atoms with Crippen LogP contribution in [0.4, 0.5) is 10.1 Å². The lowest BCUT2D eigenvalue weighted by Gasteiger charge is -2.09. The molecule has 0 aliphatic carbocycles. The molecule has 0 spiro atoms. The zero-order valence-electron chi connectivity index (χ0n) is 10.9. The van der Waals surface area contributed by atoms with Crippen LogP contribution in [0.15, 0.2) is 42.5 Å². The normalized spacial score (nSPS) is 10.1. The number of hydrogen-bond donors (Lipinski definition) is 2. The Labute approximate surface area is 115 Å². The summed E-state index contributed by atoms with van der Waals surface area (Å²) in [7, 11) is 1.53. The quantitative estimate of drug-likeness (QED) is 0.843. The highest BCUT2D eigenvalue weighted by molar-refractivity contribution is 5.92. The number of phenols is 1. The third kappa shape index (κ3) is 3.26. The van der Waals surface area contributed by atoms with E-state index >= 15 is 0 Å². The Balaban J connectivity index is 2.07. The molecule has 0 aliphatic heterocycles. The van der Waals surface area contributed by atoms with Crippen molar-refractivity contribution in [2.75, 3.05) is 12.4 Å². The number of rotatable bonds is 4. The lowest BCUT2D eigenvalue weighted by Crippen LogP contribution is -2.15. The minimum atomic E-state index is -0.778. The van der Waals surface area contributed by atoms with Crippen molar-refractivity contribution >= 4 is 11.6 Å². The molecular formula is C15H14FNO3. The first-order chi connectivity index (χ1) is 9.60. The number of carbonyl (C=O) groups is 1. The van der Waals surface area contributed by atoms with Crippen LogP contribution in [-0.2, 0) is 11.2 Å². The summed E-state index contributed by atoms with van der Waals surface area (Å²) in [6.45, 7) is 0. The molecule has 0 unspecified atom stereocenters.